The summed E-state index contributed by atoms with van der Waals surface area (Å²) in [6.45, 7) is 4.38. The Kier molecular flexibility index (Phi) is 4.81. The van der Waals surface area contributed by atoms with Gasteiger partial charge in [0.25, 0.3) is 0 Å². The number of rotatable bonds is 6. The minimum absolute atomic E-state index is 0.377. The summed E-state index contributed by atoms with van der Waals surface area (Å²) in [5.74, 6) is 0.406. The maximum atomic E-state index is 12.9. The molecule has 0 radical (unpaired) electrons. The van der Waals surface area contributed by atoms with Crippen molar-refractivity contribution in [2.45, 2.75) is 19.4 Å². The third kappa shape index (κ3) is 2.89. The molecule has 0 saturated heterocycles. The van der Waals surface area contributed by atoms with Crippen LogP contribution < -0.4 is 14.8 Å². The fourth-order valence-electron chi connectivity index (χ4n) is 4.55. The number of fused-ring (bicyclic) bond motifs is 6. The van der Waals surface area contributed by atoms with Crippen LogP contribution >= 0.6 is 0 Å². The van der Waals surface area contributed by atoms with E-state index in [-0.39, 0.29) is 0 Å². The predicted octanol–water partition coefficient (Wildman–Crippen LogP) is 5.27. The lowest BCUT2D eigenvalue weighted by Gasteiger charge is -2.37. The standard InChI is InChI=1S/C24H20N4O5/c1-3-27(25-30)15-9-11-19-21(13-15)32-22-14-16(28(4-2)26-31)10-12-20(22)24(19)18-8-6-5-7-17(18)23(29)33-24/h5-14H,3-4H2,1-2H3. The maximum absolute atomic E-state index is 12.9. The highest BCUT2D eigenvalue weighted by atomic mass is 16.6. The van der Waals surface area contributed by atoms with E-state index in [2.05, 4.69) is 10.6 Å². The Morgan fingerprint density at radius 1 is 0.788 bits per heavy atom. The molecule has 166 valence electrons. The zero-order valence-corrected chi connectivity index (χ0v) is 18.0. The van der Waals surface area contributed by atoms with Crippen molar-refractivity contribution in [1.29, 1.82) is 0 Å². The van der Waals surface area contributed by atoms with Gasteiger partial charge in [-0.3, -0.25) is 0 Å². The number of hydrogen-bond acceptors (Lipinski definition) is 7. The van der Waals surface area contributed by atoms with Gasteiger partial charge in [-0.05, 0) is 44.2 Å². The van der Waals surface area contributed by atoms with Gasteiger partial charge in [0.1, 0.15) is 11.5 Å². The van der Waals surface area contributed by atoms with Crippen molar-refractivity contribution in [3.8, 4) is 11.5 Å². The number of anilines is 2. The minimum atomic E-state index is -1.23. The lowest BCUT2D eigenvalue weighted by molar-refractivity contribution is 0.0224. The number of ether oxygens (including phenoxy) is 2. The molecule has 3 aromatic carbocycles. The lowest BCUT2D eigenvalue weighted by Crippen LogP contribution is -2.33. The van der Waals surface area contributed by atoms with Crippen LogP contribution in [0.15, 0.2) is 71.2 Å². The molecule has 33 heavy (non-hydrogen) atoms. The Bertz CT molecular complexity index is 1230. The van der Waals surface area contributed by atoms with Crippen LogP contribution in [-0.2, 0) is 10.3 Å². The molecule has 0 aliphatic carbocycles. The van der Waals surface area contributed by atoms with Crippen molar-refractivity contribution in [3.63, 3.8) is 0 Å². The Morgan fingerprint density at radius 3 is 1.85 bits per heavy atom. The van der Waals surface area contributed by atoms with E-state index in [9.17, 15) is 14.6 Å². The van der Waals surface area contributed by atoms with Gasteiger partial charge in [-0.25, -0.2) is 14.8 Å². The van der Waals surface area contributed by atoms with E-state index < -0.39 is 11.6 Å². The Morgan fingerprint density at radius 2 is 1.33 bits per heavy atom. The van der Waals surface area contributed by atoms with Crippen molar-refractivity contribution in [2.75, 3.05) is 23.1 Å². The average molecular weight is 444 g/mol. The van der Waals surface area contributed by atoms with Crippen LogP contribution in [0, 0.1) is 9.81 Å². The first-order valence-electron chi connectivity index (χ1n) is 10.6. The van der Waals surface area contributed by atoms with Gasteiger partial charge in [0.05, 0.1) is 27.5 Å². The highest BCUT2D eigenvalue weighted by molar-refractivity contribution is 5.97. The molecule has 2 heterocycles. The molecule has 0 saturated carbocycles. The zero-order chi connectivity index (χ0) is 23.2. The summed E-state index contributed by atoms with van der Waals surface area (Å²) in [4.78, 5) is 35.4. The molecule has 0 bridgehead atoms. The van der Waals surface area contributed by atoms with Crippen LogP contribution in [0.2, 0.25) is 0 Å². The van der Waals surface area contributed by atoms with Crippen LogP contribution in [0.4, 0.5) is 11.4 Å². The topological polar surface area (TPSA) is 101 Å². The SMILES string of the molecule is CCN(N=O)c1ccc2c(c1)Oc1cc(N(CC)N=O)ccc1C21OC(=O)c2ccccc21. The van der Waals surface area contributed by atoms with Crippen LogP contribution in [0.1, 0.15) is 40.9 Å². The van der Waals surface area contributed by atoms with E-state index in [0.29, 0.717) is 58.2 Å². The summed E-state index contributed by atoms with van der Waals surface area (Å²) in [6, 6.07) is 17.7. The second-order valence-corrected chi connectivity index (χ2v) is 7.67. The van der Waals surface area contributed by atoms with Gasteiger partial charge in [0.2, 0.25) is 0 Å². The first-order valence-corrected chi connectivity index (χ1v) is 10.6. The summed E-state index contributed by atoms with van der Waals surface area (Å²) in [6.07, 6.45) is 0. The van der Waals surface area contributed by atoms with Crippen molar-refractivity contribution < 1.29 is 14.3 Å². The molecule has 0 unspecified atom stereocenters. The van der Waals surface area contributed by atoms with Gasteiger partial charge in [0.15, 0.2) is 5.60 Å². The first kappa shape index (κ1) is 20.6. The molecule has 0 fully saturated rings. The molecule has 0 amide bonds. The van der Waals surface area contributed by atoms with Gasteiger partial charge in [0, 0.05) is 41.9 Å². The molecule has 0 aromatic heterocycles. The fourth-order valence-corrected chi connectivity index (χ4v) is 4.55. The van der Waals surface area contributed by atoms with Crippen molar-refractivity contribution >= 4 is 17.3 Å². The van der Waals surface area contributed by atoms with Crippen LogP contribution in [-0.4, -0.2) is 19.1 Å². The number of nitrogens with zero attached hydrogens (tertiary/aromatic N) is 4. The molecular weight excluding hydrogens is 424 g/mol. The van der Waals surface area contributed by atoms with E-state index in [1.165, 1.54) is 10.0 Å². The second kappa shape index (κ2) is 7.70. The summed E-state index contributed by atoms with van der Waals surface area (Å²) in [5.41, 5.74) is 2.29. The molecule has 2 aliphatic rings. The zero-order valence-electron chi connectivity index (χ0n) is 18.0. The second-order valence-electron chi connectivity index (χ2n) is 7.67. The number of carbonyl (C=O) groups is 1. The summed E-state index contributed by atoms with van der Waals surface area (Å²) < 4.78 is 12.3. The van der Waals surface area contributed by atoms with E-state index in [4.69, 9.17) is 9.47 Å². The van der Waals surface area contributed by atoms with Crippen LogP contribution in [0.25, 0.3) is 0 Å². The Balaban J connectivity index is 1.78. The van der Waals surface area contributed by atoms with Gasteiger partial charge < -0.3 is 9.47 Å². The third-order valence-electron chi connectivity index (χ3n) is 6.07. The van der Waals surface area contributed by atoms with E-state index >= 15 is 0 Å². The molecule has 1 spiro atoms. The van der Waals surface area contributed by atoms with E-state index in [1.54, 1.807) is 48.5 Å². The van der Waals surface area contributed by atoms with E-state index in [0.717, 1.165) is 0 Å². The molecule has 3 aromatic rings. The summed E-state index contributed by atoms with van der Waals surface area (Å²) in [7, 11) is 0. The minimum Gasteiger partial charge on any atom is -0.456 e. The van der Waals surface area contributed by atoms with Gasteiger partial charge in [-0.2, -0.15) is 0 Å². The van der Waals surface area contributed by atoms with Crippen LogP contribution in [0.5, 0.6) is 11.5 Å². The van der Waals surface area contributed by atoms with Crippen LogP contribution in [0.3, 0.4) is 0 Å². The predicted molar refractivity (Wildman–Crippen MR) is 122 cm³/mol. The van der Waals surface area contributed by atoms with Gasteiger partial charge in [-0.15, -0.1) is 9.81 Å². The fraction of sp³-hybridized carbons (Fsp3) is 0.208. The molecular formula is C24H20N4O5. The quantitative estimate of drug-likeness (QED) is 0.290. The number of carbonyl (C=O) groups excluding carboxylic acids is 1. The maximum Gasteiger partial charge on any atom is 0.340 e. The lowest BCUT2D eigenvalue weighted by atomic mass is 9.77. The molecule has 5 rings (SSSR count). The van der Waals surface area contributed by atoms with E-state index in [1.807, 2.05) is 26.0 Å². The molecule has 2 aliphatic heterocycles. The largest absolute Gasteiger partial charge is 0.456 e. The smallest absolute Gasteiger partial charge is 0.340 e. The monoisotopic (exact) mass is 444 g/mol. The molecule has 9 heteroatoms. The normalized spacial score (nSPS) is 14.4. The molecule has 9 nitrogen and oxygen atoms in total. The average Bonchev–Trinajstić information content (AvgIpc) is 3.13. The number of esters is 1. The number of hydrogen-bond donors (Lipinski definition) is 0. The van der Waals surface area contributed by atoms with Crippen molar-refractivity contribution in [1.82, 2.24) is 0 Å². The Hall–Kier alpha value is -4.27. The van der Waals surface area contributed by atoms with Gasteiger partial charge in [-0.1, -0.05) is 18.2 Å². The number of nitroso groups, excluding NO2 is 2. The first-order chi connectivity index (χ1) is 16.1. The third-order valence-corrected chi connectivity index (χ3v) is 6.07. The molecule has 0 N–H and O–H groups in total. The Labute approximate surface area is 189 Å². The number of benzene rings is 3. The van der Waals surface area contributed by atoms with Gasteiger partial charge >= 0.3 is 5.97 Å². The van der Waals surface area contributed by atoms with Crippen molar-refractivity contribution in [2.24, 2.45) is 10.6 Å². The summed E-state index contributed by atoms with van der Waals surface area (Å²) >= 11 is 0. The van der Waals surface area contributed by atoms with Crippen molar-refractivity contribution in [3.05, 3.63) is 92.7 Å². The highest BCUT2D eigenvalue weighted by Crippen LogP contribution is 2.57. The highest BCUT2D eigenvalue weighted by Gasteiger charge is 2.53. The summed E-state index contributed by atoms with van der Waals surface area (Å²) in [5, 5.41) is 8.71. The molecule has 0 atom stereocenters.